The van der Waals surface area contributed by atoms with Crippen molar-refractivity contribution >= 4 is 22.8 Å². The number of pyridine rings is 1. The van der Waals surface area contributed by atoms with E-state index >= 15 is 0 Å². The molecule has 3 rings (SSSR count). The maximum absolute atomic E-state index is 13.2. The third kappa shape index (κ3) is 2.57. The highest BCUT2D eigenvalue weighted by Crippen LogP contribution is 2.37. The molecule has 0 bridgehead atoms. The van der Waals surface area contributed by atoms with Crippen molar-refractivity contribution < 1.29 is 22.6 Å². The summed E-state index contributed by atoms with van der Waals surface area (Å²) in [6.45, 7) is 2.97. The summed E-state index contributed by atoms with van der Waals surface area (Å²) in [4.78, 5) is 16.4. The number of hydrogen-bond donors (Lipinski definition) is 1. The molecule has 3 aromatic heterocycles. The Morgan fingerprint density at radius 2 is 2.04 bits per heavy atom. The van der Waals surface area contributed by atoms with Gasteiger partial charge in [-0.3, -0.25) is 4.79 Å². The Morgan fingerprint density at radius 3 is 2.62 bits per heavy atom. The predicted molar refractivity (Wildman–Crippen MR) is 75.0 cm³/mol. The van der Waals surface area contributed by atoms with Gasteiger partial charge in [-0.2, -0.15) is 17.9 Å². The number of nitrogens with two attached hydrogens (primary N) is 1. The Hall–Kier alpha value is -2.98. The molecule has 2 N–H and O–H groups in total. The van der Waals surface area contributed by atoms with E-state index in [0.717, 1.165) is 10.7 Å². The van der Waals surface area contributed by atoms with E-state index < -0.39 is 28.9 Å². The zero-order valence-corrected chi connectivity index (χ0v) is 12.5. The first-order valence-corrected chi connectivity index (χ1v) is 6.72. The van der Waals surface area contributed by atoms with E-state index in [1.54, 1.807) is 6.92 Å². The number of alkyl halides is 3. The zero-order valence-electron chi connectivity index (χ0n) is 12.5. The third-order valence-electron chi connectivity index (χ3n) is 3.40. The van der Waals surface area contributed by atoms with Gasteiger partial charge in [0.1, 0.15) is 11.4 Å². The number of hydrogen-bond acceptors (Lipinski definition) is 7. The monoisotopic (exact) mass is 340 g/mol. The Kier molecular flexibility index (Phi) is 3.50. The molecule has 0 fully saturated rings. The van der Waals surface area contributed by atoms with Gasteiger partial charge in [0.05, 0.1) is 17.4 Å². The van der Waals surface area contributed by atoms with Crippen LogP contribution < -0.4 is 5.73 Å². The summed E-state index contributed by atoms with van der Waals surface area (Å²) in [6.07, 6.45) is -4.91. The van der Waals surface area contributed by atoms with Gasteiger partial charge in [-0.25, -0.2) is 9.61 Å². The molecule has 0 amide bonds. The fraction of sp³-hybridized carbons (Fsp3) is 0.308. The van der Waals surface area contributed by atoms with E-state index in [1.807, 2.05) is 0 Å². The molecule has 0 aromatic carbocycles. The molecule has 0 aliphatic rings. The first kappa shape index (κ1) is 15.9. The van der Waals surface area contributed by atoms with Crippen LogP contribution in [0.1, 0.15) is 27.4 Å². The van der Waals surface area contributed by atoms with Crippen LogP contribution in [0.25, 0.3) is 11.0 Å². The number of halogens is 3. The molecule has 0 aliphatic carbocycles. The Morgan fingerprint density at radius 1 is 1.33 bits per heavy atom. The fourth-order valence-corrected chi connectivity index (χ4v) is 2.29. The molecular formula is C13H11F3N6O2. The minimum Gasteiger partial charge on any atom is -0.382 e. The lowest BCUT2D eigenvalue weighted by molar-refractivity contribution is -0.136. The number of carbonyl (C=O) groups is 1. The van der Waals surface area contributed by atoms with E-state index in [2.05, 4.69) is 25.0 Å². The van der Waals surface area contributed by atoms with E-state index in [4.69, 9.17) is 5.73 Å². The molecule has 0 aliphatic heterocycles. The number of rotatable bonds is 2. The summed E-state index contributed by atoms with van der Waals surface area (Å²) in [5.74, 6) is -1.07. The average Bonchev–Trinajstić information content (AvgIpc) is 3.01. The normalized spacial score (nSPS) is 12.0. The van der Waals surface area contributed by atoms with Crippen LogP contribution in [-0.4, -0.2) is 31.0 Å². The van der Waals surface area contributed by atoms with Crippen LogP contribution in [0, 0.1) is 13.8 Å². The number of carbonyl (C=O) groups excluding carboxylic acids is 1. The van der Waals surface area contributed by atoms with Gasteiger partial charge in [0.2, 0.25) is 0 Å². The van der Waals surface area contributed by atoms with Gasteiger partial charge in [0.15, 0.2) is 11.5 Å². The lowest BCUT2D eigenvalue weighted by Crippen LogP contribution is -2.17. The summed E-state index contributed by atoms with van der Waals surface area (Å²) < 4.78 is 44.9. The summed E-state index contributed by atoms with van der Waals surface area (Å²) in [5, 5.41) is 10.4. The van der Waals surface area contributed by atoms with Gasteiger partial charge < -0.3 is 5.73 Å². The van der Waals surface area contributed by atoms with Gasteiger partial charge in [-0.1, -0.05) is 10.3 Å². The zero-order chi connectivity index (χ0) is 17.6. The second kappa shape index (κ2) is 5.28. The van der Waals surface area contributed by atoms with Crippen molar-refractivity contribution in [2.24, 2.45) is 0 Å². The molecule has 8 nitrogen and oxygen atoms in total. The largest absolute Gasteiger partial charge is 0.417 e. The van der Waals surface area contributed by atoms with Crippen LogP contribution in [0.5, 0.6) is 0 Å². The van der Waals surface area contributed by atoms with Gasteiger partial charge in [0, 0.05) is 5.69 Å². The van der Waals surface area contributed by atoms with E-state index in [0.29, 0.717) is 5.69 Å². The first-order valence-electron chi connectivity index (χ1n) is 6.72. The molecule has 0 saturated heterocycles. The van der Waals surface area contributed by atoms with E-state index in [-0.39, 0.29) is 23.5 Å². The molecule has 0 radical (unpaired) electrons. The van der Waals surface area contributed by atoms with Crippen molar-refractivity contribution in [1.82, 2.24) is 25.1 Å². The van der Waals surface area contributed by atoms with Crippen molar-refractivity contribution in [2.75, 3.05) is 5.73 Å². The van der Waals surface area contributed by atoms with Gasteiger partial charge >= 0.3 is 6.18 Å². The van der Waals surface area contributed by atoms with Crippen LogP contribution in [0.3, 0.4) is 0 Å². The second-order valence-corrected chi connectivity index (χ2v) is 5.17. The minimum atomic E-state index is -4.65. The van der Waals surface area contributed by atoms with Crippen molar-refractivity contribution in [3.63, 3.8) is 0 Å². The fourth-order valence-electron chi connectivity index (χ4n) is 2.29. The highest BCUT2D eigenvalue weighted by Gasteiger charge is 2.36. The quantitative estimate of drug-likeness (QED) is 0.758. The molecule has 3 heterocycles. The van der Waals surface area contributed by atoms with Crippen molar-refractivity contribution in [3.05, 3.63) is 28.7 Å². The molecular weight excluding hydrogens is 329 g/mol. The lowest BCUT2D eigenvalue weighted by Gasteiger charge is -2.09. The van der Waals surface area contributed by atoms with Gasteiger partial charge in [-0.15, -0.1) is 5.10 Å². The van der Waals surface area contributed by atoms with Gasteiger partial charge in [-0.05, 0) is 19.9 Å². The standard InChI is InChI=1S/C13H11F3N6O2/c1-5-3-7(13(14,15)16)10-11(17)19-22(12(10)18-5)9(23)4-8-6(2)20-24-21-8/h3H,4H2,1-2H3,(H2,17,19). The number of aryl methyl sites for hydroxylation is 2. The highest BCUT2D eigenvalue weighted by atomic mass is 19.4. The van der Waals surface area contributed by atoms with Crippen molar-refractivity contribution in [2.45, 2.75) is 26.4 Å². The number of nitrogen functional groups attached to an aromatic ring is 1. The molecule has 3 aromatic rings. The smallest absolute Gasteiger partial charge is 0.382 e. The molecule has 0 unspecified atom stereocenters. The summed E-state index contributed by atoms with van der Waals surface area (Å²) in [6, 6.07) is 0.862. The molecule has 0 saturated carbocycles. The van der Waals surface area contributed by atoms with Crippen molar-refractivity contribution in [1.29, 1.82) is 0 Å². The molecule has 0 spiro atoms. The Balaban J connectivity index is 2.15. The number of anilines is 1. The van der Waals surface area contributed by atoms with E-state index in [1.165, 1.54) is 6.92 Å². The number of fused-ring (bicyclic) bond motifs is 1. The third-order valence-corrected chi connectivity index (χ3v) is 3.40. The highest BCUT2D eigenvalue weighted by molar-refractivity contribution is 5.97. The molecule has 24 heavy (non-hydrogen) atoms. The molecule has 126 valence electrons. The maximum atomic E-state index is 13.2. The number of nitrogens with zero attached hydrogens (tertiary/aromatic N) is 5. The van der Waals surface area contributed by atoms with Crippen LogP contribution in [0.4, 0.5) is 19.0 Å². The first-order chi connectivity index (χ1) is 11.2. The molecule has 11 heteroatoms. The average molecular weight is 340 g/mol. The topological polar surface area (TPSA) is 113 Å². The lowest BCUT2D eigenvalue weighted by atomic mass is 10.1. The van der Waals surface area contributed by atoms with E-state index in [9.17, 15) is 18.0 Å². The summed E-state index contributed by atoms with van der Waals surface area (Å²) in [7, 11) is 0. The Bertz CT molecular complexity index is 943. The predicted octanol–water partition coefficient (Wildman–Crippen LogP) is 1.92. The summed E-state index contributed by atoms with van der Waals surface area (Å²) >= 11 is 0. The second-order valence-electron chi connectivity index (χ2n) is 5.17. The maximum Gasteiger partial charge on any atom is 0.417 e. The number of aromatic nitrogens is 5. The van der Waals surface area contributed by atoms with Crippen LogP contribution in [-0.2, 0) is 12.6 Å². The van der Waals surface area contributed by atoms with Crippen LogP contribution in [0.15, 0.2) is 10.7 Å². The van der Waals surface area contributed by atoms with Gasteiger partial charge in [0.25, 0.3) is 5.91 Å². The van der Waals surface area contributed by atoms with Crippen LogP contribution >= 0.6 is 0 Å². The SMILES string of the molecule is Cc1cc(C(F)(F)F)c2c(N)nn(C(=O)Cc3nonc3C)c2n1. The molecule has 0 atom stereocenters. The minimum absolute atomic E-state index is 0.0862. The Labute approximate surface area is 132 Å². The van der Waals surface area contributed by atoms with Crippen molar-refractivity contribution in [3.8, 4) is 0 Å². The summed E-state index contributed by atoms with van der Waals surface area (Å²) in [5.41, 5.74) is 5.10. The van der Waals surface area contributed by atoms with Crippen LogP contribution in [0.2, 0.25) is 0 Å².